The SMILES string of the molecule is COc1ccc2c(c1)OC(c1ccc(Br)c(C)c1)CC2O. The predicted octanol–water partition coefficient (Wildman–Crippen LogP) is 4.32. The highest BCUT2D eigenvalue weighted by Crippen LogP contribution is 2.42. The molecule has 1 N–H and O–H groups in total. The summed E-state index contributed by atoms with van der Waals surface area (Å²) >= 11 is 3.50. The molecule has 4 heteroatoms. The highest BCUT2D eigenvalue weighted by Gasteiger charge is 2.28. The number of hydrogen-bond acceptors (Lipinski definition) is 3. The number of hydrogen-bond donors (Lipinski definition) is 1. The first-order valence-electron chi connectivity index (χ1n) is 6.87. The van der Waals surface area contributed by atoms with Gasteiger partial charge in [0.05, 0.1) is 13.2 Å². The Kier molecular flexibility index (Phi) is 3.91. The van der Waals surface area contributed by atoms with Gasteiger partial charge in [-0.1, -0.05) is 28.1 Å². The van der Waals surface area contributed by atoms with E-state index in [1.807, 2.05) is 37.3 Å². The fraction of sp³-hybridized carbons (Fsp3) is 0.294. The van der Waals surface area contributed by atoms with Crippen LogP contribution >= 0.6 is 15.9 Å². The molecule has 2 aromatic carbocycles. The number of aryl methyl sites for hydroxylation is 1. The second-order valence-electron chi connectivity index (χ2n) is 5.27. The van der Waals surface area contributed by atoms with Gasteiger partial charge in [0.15, 0.2) is 0 Å². The summed E-state index contributed by atoms with van der Waals surface area (Å²) in [5.74, 6) is 1.42. The highest BCUT2D eigenvalue weighted by atomic mass is 79.9. The third-order valence-electron chi connectivity index (χ3n) is 3.84. The maximum absolute atomic E-state index is 10.4. The Morgan fingerprint density at radius 1 is 1.24 bits per heavy atom. The number of benzene rings is 2. The molecular formula is C17H17BrO3. The van der Waals surface area contributed by atoms with Crippen molar-refractivity contribution in [3.63, 3.8) is 0 Å². The van der Waals surface area contributed by atoms with Crippen LogP contribution in [0.25, 0.3) is 0 Å². The zero-order valence-electron chi connectivity index (χ0n) is 12.0. The molecule has 0 saturated carbocycles. The van der Waals surface area contributed by atoms with Crippen molar-refractivity contribution in [1.82, 2.24) is 0 Å². The van der Waals surface area contributed by atoms with Crippen LogP contribution in [-0.2, 0) is 0 Å². The van der Waals surface area contributed by atoms with Crippen LogP contribution in [-0.4, -0.2) is 12.2 Å². The summed E-state index contributed by atoms with van der Waals surface area (Å²) in [7, 11) is 1.62. The van der Waals surface area contributed by atoms with E-state index in [0.29, 0.717) is 12.2 Å². The van der Waals surface area contributed by atoms with Crippen LogP contribution in [0.4, 0.5) is 0 Å². The van der Waals surface area contributed by atoms with Crippen LogP contribution in [0.15, 0.2) is 40.9 Å². The van der Waals surface area contributed by atoms with Gasteiger partial charge in [-0.15, -0.1) is 0 Å². The number of aliphatic hydroxyl groups excluding tert-OH is 1. The van der Waals surface area contributed by atoms with E-state index in [0.717, 1.165) is 26.9 Å². The lowest BCUT2D eigenvalue weighted by atomic mass is 9.94. The van der Waals surface area contributed by atoms with Gasteiger partial charge >= 0.3 is 0 Å². The van der Waals surface area contributed by atoms with E-state index < -0.39 is 6.10 Å². The molecule has 0 saturated heterocycles. The molecule has 1 aliphatic heterocycles. The summed E-state index contributed by atoms with van der Waals surface area (Å²) < 4.78 is 12.4. The van der Waals surface area contributed by atoms with Gasteiger partial charge in [0.2, 0.25) is 0 Å². The zero-order valence-corrected chi connectivity index (χ0v) is 13.6. The Labute approximate surface area is 132 Å². The molecule has 1 heterocycles. The first kappa shape index (κ1) is 14.4. The molecule has 2 aromatic rings. The van der Waals surface area contributed by atoms with Crippen molar-refractivity contribution < 1.29 is 14.6 Å². The molecule has 0 aromatic heterocycles. The molecule has 110 valence electrons. The quantitative estimate of drug-likeness (QED) is 0.877. The molecule has 2 unspecified atom stereocenters. The Bertz CT molecular complexity index is 669. The Morgan fingerprint density at radius 2 is 2.05 bits per heavy atom. The van der Waals surface area contributed by atoms with E-state index in [4.69, 9.17) is 9.47 Å². The minimum atomic E-state index is -0.520. The monoisotopic (exact) mass is 348 g/mol. The molecule has 0 bridgehead atoms. The van der Waals surface area contributed by atoms with Gasteiger partial charge in [-0.2, -0.15) is 0 Å². The van der Waals surface area contributed by atoms with E-state index in [1.165, 1.54) is 0 Å². The molecule has 0 amide bonds. The average Bonchev–Trinajstić information content (AvgIpc) is 2.49. The van der Waals surface area contributed by atoms with Crippen molar-refractivity contribution in [2.45, 2.75) is 25.6 Å². The zero-order chi connectivity index (χ0) is 15.0. The first-order valence-corrected chi connectivity index (χ1v) is 7.66. The van der Waals surface area contributed by atoms with Gasteiger partial charge in [-0.05, 0) is 36.2 Å². The van der Waals surface area contributed by atoms with Crippen LogP contribution in [0, 0.1) is 6.92 Å². The van der Waals surface area contributed by atoms with Crippen molar-refractivity contribution in [3.8, 4) is 11.5 Å². The molecule has 3 nitrogen and oxygen atoms in total. The van der Waals surface area contributed by atoms with Crippen LogP contribution < -0.4 is 9.47 Å². The van der Waals surface area contributed by atoms with Crippen LogP contribution in [0.1, 0.15) is 35.3 Å². The number of ether oxygens (including phenoxy) is 2. The number of aliphatic hydroxyl groups is 1. The lowest BCUT2D eigenvalue weighted by Gasteiger charge is -2.30. The minimum absolute atomic E-state index is 0.147. The van der Waals surface area contributed by atoms with E-state index in [2.05, 4.69) is 22.0 Å². The van der Waals surface area contributed by atoms with Gasteiger partial charge in [-0.25, -0.2) is 0 Å². The fourth-order valence-electron chi connectivity index (χ4n) is 2.62. The molecule has 3 rings (SSSR count). The van der Waals surface area contributed by atoms with Gasteiger partial charge in [0, 0.05) is 22.5 Å². The smallest absolute Gasteiger partial charge is 0.129 e. The summed E-state index contributed by atoms with van der Waals surface area (Å²) in [6.45, 7) is 2.05. The van der Waals surface area contributed by atoms with E-state index in [9.17, 15) is 5.11 Å². The normalized spacial score (nSPS) is 20.6. The highest BCUT2D eigenvalue weighted by molar-refractivity contribution is 9.10. The summed E-state index contributed by atoms with van der Waals surface area (Å²) in [4.78, 5) is 0. The maximum atomic E-state index is 10.4. The predicted molar refractivity (Wildman–Crippen MR) is 84.8 cm³/mol. The van der Waals surface area contributed by atoms with Gasteiger partial charge in [-0.3, -0.25) is 0 Å². The van der Waals surface area contributed by atoms with Crippen LogP contribution in [0.2, 0.25) is 0 Å². The molecule has 2 atom stereocenters. The molecule has 0 radical (unpaired) electrons. The van der Waals surface area contributed by atoms with Crippen molar-refractivity contribution >= 4 is 15.9 Å². The summed E-state index contributed by atoms with van der Waals surface area (Å²) in [6.07, 6.45) is -0.111. The third kappa shape index (κ3) is 2.78. The van der Waals surface area contributed by atoms with E-state index >= 15 is 0 Å². The van der Waals surface area contributed by atoms with Gasteiger partial charge in [0.25, 0.3) is 0 Å². The minimum Gasteiger partial charge on any atom is -0.497 e. The van der Waals surface area contributed by atoms with Gasteiger partial charge < -0.3 is 14.6 Å². The maximum Gasteiger partial charge on any atom is 0.129 e. The summed E-state index contributed by atoms with van der Waals surface area (Å²) in [5.41, 5.74) is 3.05. The molecule has 0 spiro atoms. The number of halogens is 1. The first-order chi connectivity index (χ1) is 10.1. The second kappa shape index (κ2) is 5.70. The Hall–Kier alpha value is -1.52. The van der Waals surface area contributed by atoms with Crippen molar-refractivity contribution in [2.24, 2.45) is 0 Å². The average molecular weight is 349 g/mol. The third-order valence-corrected chi connectivity index (χ3v) is 4.73. The molecule has 21 heavy (non-hydrogen) atoms. The fourth-order valence-corrected chi connectivity index (χ4v) is 2.87. The van der Waals surface area contributed by atoms with Crippen LogP contribution in [0.5, 0.6) is 11.5 Å². The Morgan fingerprint density at radius 3 is 2.76 bits per heavy atom. The van der Waals surface area contributed by atoms with Crippen molar-refractivity contribution in [1.29, 1.82) is 0 Å². The van der Waals surface area contributed by atoms with E-state index in [-0.39, 0.29) is 6.10 Å². The molecular weight excluding hydrogens is 332 g/mol. The topological polar surface area (TPSA) is 38.7 Å². The molecule has 0 fully saturated rings. The summed E-state index contributed by atoms with van der Waals surface area (Å²) in [5, 5.41) is 10.4. The number of rotatable bonds is 2. The van der Waals surface area contributed by atoms with Crippen molar-refractivity contribution in [2.75, 3.05) is 7.11 Å². The van der Waals surface area contributed by atoms with Gasteiger partial charge in [0.1, 0.15) is 17.6 Å². The lowest BCUT2D eigenvalue weighted by Crippen LogP contribution is -2.19. The molecule has 0 aliphatic carbocycles. The van der Waals surface area contributed by atoms with Crippen molar-refractivity contribution in [3.05, 3.63) is 57.6 Å². The second-order valence-corrected chi connectivity index (χ2v) is 6.12. The number of methoxy groups -OCH3 is 1. The lowest BCUT2D eigenvalue weighted by molar-refractivity contribution is 0.0654. The number of fused-ring (bicyclic) bond motifs is 1. The van der Waals surface area contributed by atoms with Crippen LogP contribution in [0.3, 0.4) is 0 Å². The molecule has 1 aliphatic rings. The standard InChI is InChI=1S/C17H17BrO3/c1-10-7-11(3-6-14(10)18)16-9-15(19)13-5-4-12(20-2)8-17(13)21-16/h3-8,15-16,19H,9H2,1-2H3. The van der Waals surface area contributed by atoms with E-state index in [1.54, 1.807) is 7.11 Å². The largest absolute Gasteiger partial charge is 0.497 e. The summed E-state index contributed by atoms with van der Waals surface area (Å²) in [6, 6.07) is 11.7. The Balaban J connectivity index is 1.94.